The molecular formula is C20H23Cl2N7O6. The van der Waals surface area contributed by atoms with Gasteiger partial charge in [-0.05, 0) is 30.7 Å². The largest absolute Gasteiger partial charge is 1.00 e. The lowest BCUT2D eigenvalue weighted by molar-refractivity contribution is -0.468. The van der Waals surface area contributed by atoms with Crippen molar-refractivity contribution in [1.82, 2.24) is 15.3 Å². The minimum Gasteiger partial charge on any atom is -1.00 e. The van der Waals surface area contributed by atoms with Gasteiger partial charge in [0.1, 0.15) is 18.3 Å². The molecule has 2 atom stereocenters. The smallest absolute Gasteiger partial charge is 0.326 e. The van der Waals surface area contributed by atoms with E-state index in [-0.39, 0.29) is 60.8 Å². The van der Waals surface area contributed by atoms with Crippen molar-refractivity contribution in [3.8, 4) is 0 Å². The number of carbonyl (C=O) groups excluding carboxylic acids is 1. The van der Waals surface area contributed by atoms with Crippen molar-refractivity contribution in [2.45, 2.75) is 24.9 Å². The maximum Gasteiger partial charge on any atom is 0.326 e. The van der Waals surface area contributed by atoms with Gasteiger partial charge in [0.2, 0.25) is 18.0 Å². The summed E-state index contributed by atoms with van der Waals surface area (Å²) >= 11 is 0. The Morgan fingerprint density at radius 1 is 1.26 bits per heavy atom. The van der Waals surface area contributed by atoms with Crippen LogP contribution < -0.4 is 39.2 Å². The Labute approximate surface area is 210 Å². The van der Waals surface area contributed by atoms with Gasteiger partial charge in [-0.2, -0.15) is 4.98 Å². The van der Waals surface area contributed by atoms with Crippen LogP contribution in [0.2, 0.25) is 0 Å². The van der Waals surface area contributed by atoms with E-state index < -0.39 is 23.9 Å². The highest BCUT2D eigenvalue weighted by Gasteiger charge is 2.39. The number of anilines is 3. The number of hydrogen-bond donors (Lipinski definition) is 6. The molecule has 1 aromatic heterocycles. The Hall–Kier alpha value is -3.84. The Kier molecular flexibility index (Phi) is 8.66. The first-order chi connectivity index (χ1) is 15.7. The lowest BCUT2D eigenvalue weighted by Crippen LogP contribution is -3.00. The number of benzene rings is 1. The van der Waals surface area contributed by atoms with Crippen molar-refractivity contribution in [2.24, 2.45) is 0 Å². The highest BCUT2D eigenvalue weighted by Crippen LogP contribution is 2.28. The molecule has 2 aliphatic heterocycles. The van der Waals surface area contributed by atoms with Crippen molar-refractivity contribution in [3.63, 3.8) is 0 Å². The number of H-pyrrole nitrogens is 1. The Morgan fingerprint density at radius 3 is 2.57 bits per heavy atom. The number of hydrogen-bond acceptors (Lipinski definition) is 8. The second-order valence-corrected chi connectivity index (χ2v) is 7.70. The van der Waals surface area contributed by atoms with Crippen LogP contribution in [0.4, 0.5) is 23.1 Å². The van der Waals surface area contributed by atoms with Crippen LogP contribution >= 0.6 is 12.4 Å². The molecule has 2 aromatic rings. The van der Waals surface area contributed by atoms with Crippen molar-refractivity contribution in [1.29, 1.82) is 0 Å². The molecule has 188 valence electrons. The third kappa shape index (κ3) is 5.81. The predicted molar refractivity (Wildman–Crippen MR) is 124 cm³/mol. The number of nitrogens with two attached hydrogens (primary N) is 1. The number of carboxylic acids is 2. The minimum absolute atomic E-state index is 0. The molecule has 0 saturated carbocycles. The van der Waals surface area contributed by atoms with Gasteiger partial charge < -0.3 is 39.0 Å². The van der Waals surface area contributed by atoms with Gasteiger partial charge in [-0.3, -0.25) is 19.4 Å². The molecule has 1 amide bonds. The number of fused-ring (bicyclic) bond motifs is 3. The zero-order valence-corrected chi connectivity index (χ0v) is 19.7. The van der Waals surface area contributed by atoms with E-state index in [9.17, 15) is 24.3 Å². The van der Waals surface area contributed by atoms with E-state index in [4.69, 9.17) is 10.8 Å². The highest BCUT2D eigenvalue weighted by molar-refractivity contribution is 5.97. The van der Waals surface area contributed by atoms with Gasteiger partial charge in [-0.25, -0.2) is 14.3 Å². The van der Waals surface area contributed by atoms with Crippen LogP contribution in [0.25, 0.3) is 0 Å². The van der Waals surface area contributed by atoms with Gasteiger partial charge in [0.05, 0.1) is 6.54 Å². The number of nitrogen functional groups attached to an aromatic ring is 1. The average Bonchev–Trinajstić information content (AvgIpc) is 3.20. The molecule has 0 aliphatic carbocycles. The predicted octanol–water partition coefficient (Wildman–Crippen LogP) is -3.19. The van der Waals surface area contributed by atoms with Gasteiger partial charge in [0.15, 0.2) is 11.9 Å². The monoisotopic (exact) mass is 527 g/mol. The van der Waals surface area contributed by atoms with Crippen LogP contribution in [0.15, 0.2) is 29.1 Å². The summed E-state index contributed by atoms with van der Waals surface area (Å²) in [6.07, 6.45) is 1.20. The molecule has 4 rings (SSSR count). The van der Waals surface area contributed by atoms with Crippen LogP contribution in [-0.4, -0.2) is 74.1 Å². The SMILES string of the molecule is Cl.Nc1nc2c(c(=O)[nH]1)[N+]1=CN(c3ccc(C(=O)N[C@@H](CCC(=O)O)C(=O)O)cc3)CC1CN2.[Cl-]. The first-order valence-electron chi connectivity index (χ1n) is 10.1. The molecule has 0 fully saturated rings. The van der Waals surface area contributed by atoms with E-state index >= 15 is 0 Å². The summed E-state index contributed by atoms with van der Waals surface area (Å²) < 4.78 is 1.83. The van der Waals surface area contributed by atoms with E-state index in [2.05, 4.69) is 20.6 Å². The van der Waals surface area contributed by atoms with E-state index in [1.165, 1.54) is 0 Å². The Balaban J connectivity index is 0.00000216. The minimum atomic E-state index is -1.30. The summed E-state index contributed by atoms with van der Waals surface area (Å²) in [6.45, 7) is 1.14. The second kappa shape index (κ2) is 11.1. The number of nitrogens with one attached hydrogen (secondary N) is 3. The van der Waals surface area contributed by atoms with Crippen LogP contribution in [0.1, 0.15) is 23.2 Å². The number of nitrogens with zero attached hydrogens (tertiary/aromatic N) is 3. The van der Waals surface area contributed by atoms with Gasteiger partial charge in [-0.1, -0.05) is 0 Å². The lowest BCUT2D eigenvalue weighted by atomic mass is 10.1. The third-order valence-corrected chi connectivity index (χ3v) is 5.45. The maximum atomic E-state index is 12.4. The standard InChI is InChI=1S/C20H21N7O6.2ClH/c21-20-24-16-15(18(31)25-20)27-9-26(8-12(27)7-22-16)11-3-1-10(2-4-11)17(30)23-13(19(32)33)5-6-14(28)29;;/h1-4,9,12-13H,5-8H2,(H6-,21,22,23,24,25,28,29,30,31,32,33);2*1H/t12?,13-;;/m0../s1. The van der Waals surface area contributed by atoms with E-state index in [1.807, 2.05) is 9.48 Å². The molecule has 0 radical (unpaired) electrons. The molecule has 0 spiro atoms. The molecular weight excluding hydrogens is 505 g/mol. The first kappa shape index (κ1) is 27.4. The molecule has 15 heteroatoms. The summed E-state index contributed by atoms with van der Waals surface area (Å²) in [6, 6.07) is 5.19. The van der Waals surface area contributed by atoms with Crippen molar-refractivity contribution < 1.29 is 41.6 Å². The Morgan fingerprint density at radius 2 is 1.94 bits per heavy atom. The molecule has 7 N–H and O–H groups in total. The fourth-order valence-electron chi connectivity index (χ4n) is 3.81. The van der Waals surface area contributed by atoms with Crippen LogP contribution in [-0.2, 0) is 9.59 Å². The number of carbonyl (C=O) groups is 3. The number of aliphatic carboxylic acids is 2. The summed E-state index contributed by atoms with van der Waals surface area (Å²) in [5.74, 6) is -2.62. The fourth-order valence-corrected chi connectivity index (χ4v) is 3.81. The van der Waals surface area contributed by atoms with Gasteiger partial charge >= 0.3 is 17.5 Å². The number of amides is 1. The summed E-state index contributed by atoms with van der Waals surface area (Å²) in [7, 11) is 0. The van der Waals surface area contributed by atoms with E-state index in [0.717, 1.165) is 5.69 Å². The van der Waals surface area contributed by atoms with Gasteiger partial charge in [-0.15, -0.1) is 12.4 Å². The van der Waals surface area contributed by atoms with E-state index in [0.29, 0.717) is 24.6 Å². The zero-order valence-electron chi connectivity index (χ0n) is 18.1. The zero-order chi connectivity index (χ0) is 23.7. The molecule has 13 nitrogen and oxygen atoms in total. The lowest BCUT2D eigenvalue weighted by Gasteiger charge is -2.20. The molecule has 1 unspecified atom stereocenters. The molecule has 3 heterocycles. The highest BCUT2D eigenvalue weighted by atomic mass is 35.5. The third-order valence-electron chi connectivity index (χ3n) is 5.45. The summed E-state index contributed by atoms with van der Waals surface area (Å²) in [5.41, 5.74) is 6.64. The second-order valence-electron chi connectivity index (χ2n) is 7.70. The molecule has 35 heavy (non-hydrogen) atoms. The van der Waals surface area contributed by atoms with Crippen LogP contribution in [0.3, 0.4) is 0 Å². The van der Waals surface area contributed by atoms with Gasteiger partial charge in [0, 0.05) is 12.0 Å². The van der Waals surface area contributed by atoms with Crippen molar-refractivity contribution in [2.75, 3.05) is 29.0 Å². The number of carboxylic acid groups (broad SMARTS) is 2. The fraction of sp³-hybridized carbons (Fsp3) is 0.300. The Bertz CT molecular complexity index is 1220. The first-order valence-corrected chi connectivity index (χ1v) is 10.1. The summed E-state index contributed by atoms with van der Waals surface area (Å²) in [5, 5.41) is 23.4. The topological polar surface area (TPSA) is 194 Å². The number of aromatic nitrogens is 2. The number of halogens is 2. The maximum absolute atomic E-state index is 12.4. The van der Waals surface area contributed by atoms with E-state index in [1.54, 1.807) is 30.6 Å². The molecule has 2 aliphatic rings. The molecule has 0 saturated heterocycles. The molecule has 1 aromatic carbocycles. The van der Waals surface area contributed by atoms with Crippen molar-refractivity contribution >= 4 is 59.7 Å². The number of aromatic amines is 1. The van der Waals surface area contributed by atoms with Crippen LogP contribution in [0.5, 0.6) is 0 Å². The van der Waals surface area contributed by atoms with Crippen molar-refractivity contribution in [3.05, 3.63) is 40.2 Å². The normalized spacial score (nSPS) is 16.3. The van der Waals surface area contributed by atoms with Gasteiger partial charge in [0.25, 0.3) is 5.91 Å². The average molecular weight is 528 g/mol. The molecule has 0 bridgehead atoms. The quantitative estimate of drug-likeness (QED) is 0.200. The summed E-state index contributed by atoms with van der Waals surface area (Å²) in [4.78, 5) is 55.4. The van der Waals surface area contributed by atoms with Crippen LogP contribution in [0, 0.1) is 0 Å². The number of rotatable bonds is 7.